The molecule has 240 valence electrons. The van der Waals surface area contributed by atoms with Crippen LogP contribution in [0.2, 0.25) is 0 Å². The SMILES string of the molecule is CCN1CCCCCC1=O.O=C(CN1CCCCCC1=O)NCCCN1CCN(c2ccccc2Oc2ccccc2)CC1. The Balaban J connectivity index is 0.000000375. The first-order valence-corrected chi connectivity index (χ1v) is 16.6. The molecule has 3 heterocycles. The van der Waals surface area contributed by atoms with E-state index in [2.05, 4.69) is 27.2 Å². The smallest absolute Gasteiger partial charge is 0.239 e. The van der Waals surface area contributed by atoms with Gasteiger partial charge in [-0.2, -0.15) is 0 Å². The summed E-state index contributed by atoms with van der Waals surface area (Å²) in [7, 11) is 0. The Kier molecular flexibility index (Phi) is 13.8. The number of anilines is 1. The number of rotatable bonds is 10. The molecule has 3 saturated heterocycles. The molecule has 0 aromatic heterocycles. The maximum Gasteiger partial charge on any atom is 0.239 e. The number of carbonyl (C=O) groups excluding carboxylic acids is 3. The van der Waals surface area contributed by atoms with Gasteiger partial charge >= 0.3 is 0 Å². The Labute approximate surface area is 263 Å². The summed E-state index contributed by atoms with van der Waals surface area (Å²) in [4.78, 5) is 44.0. The van der Waals surface area contributed by atoms with Gasteiger partial charge in [-0.25, -0.2) is 0 Å². The van der Waals surface area contributed by atoms with Gasteiger partial charge in [0.15, 0.2) is 5.75 Å². The lowest BCUT2D eigenvalue weighted by Gasteiger charge is -2.36. The number of likely N-dealkylation sites (tertiary alicyclic amines) is 2. The second-order valence-corrected chi connectivity index (χ2v) is 11.8. The molecule has 0 radical (unpaired) electrons. The zero-order valence-electron chi connectivity index (χ0n) is 26.6. The predicted molar refractivity (Wildman–Crippen MR) is 175 cm³/mol. The largest absolute Gasteiger partial charge is 0.455 e. The van der Waals surface area contributed by atoms with E-state index in [1.807, 2.05) is 54.3 Å². The van der Waals surface area contributed by atoms with Gasteiger partial charge in [-0.1, -0.05) is 43.2 Å². The monoisotopic (exact) mass is 605 g/mol. The highest BCUT2D eigenvalue weighted by Crippen LogP contribution is 2.32. The van der Waals surface area contributed by atoms with Crippen molar-refractivity contribution < 1.29 is 19.1 Å². The van der Waals surface area contributed by atoms with Gasteiger partial charge in [0.25, 0.3) is 0 Å². The maximum atomic E-state index is 12.2. The van der Waals surface area contributed by atoms with E-state index in [0.29, 0.717) is 25.4 Å². The Hall–Kier alpha value is -3.59. The Morgan fingerprint density at radius 3 is 2.09 bits per heavy atom. The molecular formula is C35H51N5O4. The van der Waals surface area contributed by atoms with Crippen molar-refractivity contribution in [2.75, 3.05) is 70.3 Å². The minimum atomic E-state index is -0.0462. The minimum Gasteiger partial charge on any atom is -0.455 e. The Bertz CT molecular complexity index is 1170. The van der Waals surface area contributed by atoms with Crippen molar-refractivity contribution in [2.24, 2.45) is 0 Å². The lowest BCUT2D eigenvalue weighted by Crippen LogP contribution is -2.47. The number of piperazine rings is 1. The van der Waals surface area contributed by atoms with E-state index in [1.165, 1.54) is 12.8 Å². The number of hydrogen-bond donors (Lipinski definition) is 1. The summed E-state index contributed by atoms with van der Waals surface area (Å²) in [6.45, 7) is 10.3. The van der Waals surface area contributed by atoms with Gasteiger partial charge in [-0.05, 0) is 69.8 Å². The van der Waals surface area contributed by atoms with Gasteiger partial charge in [0.05, 0.1) is 12.2 Å². The summed E-state index contributed by atoms with van der Waals surface area (Å²) < 4.78 is 6.14. The first kappa shape index (κ1) is 33.3. The van der Waals surface area contributed by atoms with Crippen LogP contribution in [0.3, 0.4) is 0 Å². The molecule has 3 amide bonds. The van der Waals surface area contributed by atoms with Crippen LogP contribution in [0.1, 0.15) is 64.7 Å². The van der Waals surface area contributed by atoms with E-state index < -0.39 is 0 Å². The van der Waals surface area contributed by atoms with E-state index in [9.17, 15) is 14.4 Å². The quantitative estimate of drug-likeness (QED) is 0.387. The zero-order chi connectivity index (χ0) is 31.0. The van der Waals surface area contributed by atoms with Crippen LogP contribution in [0.15, 0.2) is 54.6 Å². The average molecular weight is 606 g/mol. The topological polar surface area (TPSA) is 85.4 Å². The summed E-state index contributed by atoms with van der Waals surface area (Å²) >= 11 is 0. The Morgan fingerprint density at radius 2 is 1.39 bits per heavy atom. The van der Waals surface area contributed by atoms with Crippen LogP contribution >= 0.6 is 0 Å². The summed E-state index contributed by atoms with van der Waals surface area (Å²) in [5.74, 6) is 2.14. The summed E-state index contributed by atoms with van der Waals surface area (Å²) in [5.41, 5.74) is 1.13. The lowest BCUT2D eigenvalue weighted by atomic mass is 10.2. The van der Waals surface area contributed by atoms with Crippen molar-refractivity contribution in [3.8, 4) is 11.5 Å². The van der Waals surface area contributed by atoms with Crippen molar-refractivity contribution in [3.05, 3.63) is 54.6 Å². The zero-order valence-corrected chi connectivity index (χ0v) is 26.6. The molecule has 0 aliphatic carbocycles. The molecule has 1 N–H and O–H groups in total. The number of hydrogen-bond acceptors (Lipinski definition) is 6. The third-order valence-corrected chi connectivity index (χ3v) is 8.58. The van der Waals surface area contributed by atoms with Crippen molar-refractivity contribution in [1.29, 1.82) is 0 Å². The van der Waals surface area contributed by atoms with Crippen LogP contribution in [0.25, 0.3) is 0 Å². The predicted octanol–water partition coefficient (Wildman–Crippen LogP) is 4.92. The second-order valence-electron chi connectivity index (χ2n) is 11.8. The summed E-state index contributed by atoms with van der Waals surface area (Å²) in [5, 5.41) is 2.99. The lowest BCUT2D eigenvalue weighted by molar-refractivity contribution is -0.135. The molecule has 0 atom stereocenters. The fourth-order valence-electron chi connectivity index (χ4n) is 5.97. The highest BCUT2D eigenvalue weighted by atomic mass is 16.5. The van der Waals surface area contributed by atoms with E-state index in [-0.39, 0.29) is 18.4 Å². The highest BCUT2D eigenvalue weighted by molar-refractivity contribution is 5.84. The molecule has 0 unspecified atom stereocenters. The highest BCUT2D eigenvalue weighted by Gasteiger charge is 2.21. The second kappa shape index (κ2) is 18.3. The van der Waals surface area contributed by atoms with Crippen LogP contribution in [0, 0.1) is 0 Å². The standard InChI is InChI=1S/C27H36N4O3.C8H15NO/c32-26(22-31-17-8-2-5-14-27(31)33)28-15-9-16-29-18-20-30(21-19-29)24-12-6-7-13-25(24)34-23-10-3-1-4-11-23;1-2-9-7-5-3-4-6-8(9)10/h1,3-4,6-7,10-13H,2,5,8-9,14-22H2,(H,28,32);2-7H2,1H3. The Morgan fingerprint density at radius 1 is 0.750 bits per heavy atom. The third-order valence-electron chi connectivity index (χ3n) is 8.58. The first-order valence-electron chi connectivity index (χ1n) is 16.6. The van der Waals surface area contributed by atoms with Crippen molar-refractivity contribution >= 4 is 23.4 Å². The van der Waals surface area contributed by atoms with Crippen LogP contribution in [0.4, 0.5) is 5.69 Å². The number of para-hydroxylation sites is 3. The van der Waals surface area contributed by atoms with E-state index in [1.54, 1.807) is 4.90 Å². The molecule has 2 aromatic carbocycles. The van der Waals surface area contributed by atoms with Crippen molar-refractivity contribution in [3.63, 3.8) is 0 Å². The van der Waals surface area contributed by atoms with Gasteiger partial charge in [-0.15, -0.1) is 0 Å². The van der Waals surface area contributed by atoms with Crippen LogP contribution in [0.5, 0.6) is 11.5 Å². The molecule has 2 aromatic rings. The fraction of sp³-hybridized carbons (Fsp3) is 0.571. The van der Waals surface area contributed by atoms with E-state index >= 15 is 0 Å². The minimum absolute atomic E-state index is 0.0462. The van der Waals surface area contributed by atoms with Crippen LogP contribution < -0.4 is 15.0 Å². The van der Waals surface area contributed by atoms with Crippen molar-refractivity contribution in [1.82, 2.24) is 20.0 Å². The van der Waals surface area contributed by atoms with Gasteiger partial charge < -0.3 is 24.8 Å². The molecule has 3 fully saturated rings. The van der Waals surface area contributed by atoms with Crippen LogP contribution in [-0.4, -0.2) is 97.9 Å². The van der Waals surface area contributed by atoms with Gasteiger partial charge in [0.1, 0.15) is 5.75 Å². The van der Waals surface area contributed by atoms with Crippen LogP contribution in [-0.2, 0) is 14.4 Å². The number of carbonyl (C=O) groups is 3. The molecule has 3 aliphatic rings. The molecule has 44 heavy (non-hydrogen) atoms. The molecular weight excluding hydrogens is 554 g/mol. The maximum absolute atomic E-state index is 12.2. The van der Waals surface area contributed by atoms with Gasteiger partial charge in [-0.3, -0.25) is 19.3 Å². The van der Waals surface area contributed by atoms with E-state index in [4.69, 9.17) is 4.74 Å². The average Bonchev–Trinajstić information content (AvgIpc) is 3.39. The first-order chi connectivity index (χ1) is 21.5. The number of nitrogens with zero attached hydrogens (tertiary/aromatic N) is 4. The van der Waals surface area contributed by atoms with Gasteiger partial charge in [0.2, 0.25) is 17.7 Å². The number of amides is 3. The summed E-state index contributed by atoms with van der Waals surface area (Å²) in [6.07, 6.45) is 8.77. The van der Waals surface area contributed by atoms with Crippen molar-refractivity contribution in [2.45, 2.75) is 64.7 Å². The van der Waals surface area contributed by atoms with E-state index in [0.717, 1.165) is 102 Å². The molecule has 9 nitrogen and oxygen atoms in total. The number of nitrogens with one attached hydrogen (secondary N) is 1. The molecule has 0 saturated carbocycles. The molecule has 0 spiro atoms. The fourth-order valence-corrected chi connectivity index (χ4v) is 5.97. The number of benzene rings is 2. The molecule has 3 aliphatic heterocycles. The number of ether oxygens (including phenoxy) is 1. The molecule has 9 heteroatoms. The third kappa shape index (κ3) is 10.8. The molecule has 5 rings (SSSR count). The molecule has 0 bridgehead atoms. The normalized spacial score (nSPS) is 18.2. The van der Waals surface area contributed by atoms with Gasteiger partial charge in [0, 0.05) is 65.2 Å². The summed E-state index contributed by atoms with van der Waals surface area (Å²) in [6, 6.07) is 18.1.